The molecule has 1 saturated carbocycles. The summed E-state index contributed by atoms with van der Waals surface area (Å²) in [5, 5.41) is 3.89. The lowest BCUT2D eigenvalue weighted by Crippen LogP contribution is -2.51. The van der Waals surface area contributed by atoms with Crippen LogP contribution in [-0.4, -0.2) is 35.4 Å². The number of amides is 2. The van der Waals surface area contributed by atoms with E-state index < -0.39 is 17.8 Å². The second kappa shape index (κ2) is 11.5. The van der Waals surface area contributed by atoms with Gasteiger partial charge in [0.05, 0.1) is 0 Å². The molecule has 2 amide bonds. The largest absolute Gasteiger partial charge is 0.484 e. The van der Waals surface area contributed by atoms with Gasteiger partial charge in [0.15, 0.2) is 6.61 Å². The fourth-order valence-corrected chi connectivity index (χ4v) is 4.28. The molecule has 32 heavy (non-hydrogen) atoms. The molecule has 8 heteroatoms. The van der Waals surface area contributed by atoms with E-state index in [0.717, 1.165) is 25.7 Å². The Labute approximate surface area is 197 Å². The summed E-state index contributed by atoms with van der Waals surface area (Å²) < 4.78 is 18.6. The molecule has 0 spiro atoms. The summed E-state index contributed by atoms with van der Waals surface area (Å²) >= 11 is 12.6. The van der Waals surface area contributed by atoms with Crippen molar-refractivity contribution in [3.8, 4) is 5.75 Å². The molecule has 0 aromatic heterocycles. The van der Waals surface area contributed by atoms with Crippen LogP contribution in [0.25, 0.3) is 0 Å². The maximum Gasteiger partial charge on any atom is 0.261 e. The molecule has 0 heterocycles. The first kappa shape index (κ1) is 24.3. The zero-order chi connectivity index (χ0) is 23.1. The molecule has 0 bridgehead atoms. The van der Waals surface area contributed by atoms with Gasteiger partial charge >= 0.3 is 0 Å². The van der Waals surface area contributed by atoms with Crippen molar-refractivity contribution in [1.82, 2.24) is 10.2 Å². The van der Waals surface area contributed by atoms with E-state index in [1.165, 1.54) is 35.6 Å². The molecular formula is C24H27Cl2FN2O3. The van der Waals surface area contributed by atoms with Gasteiger partial charge in [-0.1, -0.05) is 48.5 Å². The summed E-state index contributed by atoms with van der Waals surface area (Å²) in [5.74, 6) is -0.673. The molecule has 3 rings (SSSR count). The molecule has 1 unspecified atom stereocenters. The van der Waals surface area contributed by atoms with Crippen molar-refractivity contribution in [2.75, 3.05) is 6.61 Å². The normalized spacial score (nSPS) is 15.1. The molecule has 172 valence electrons. The molecule has 2 aromatic rings. The van der Waals surface area contributed by atoms with E-state index in [4.69, 9.17) is 27.9 Å². The highest BCUT2D eigenvalue weighted by atomic mass is 35.5. The first-order chi connectivity index (χ1) is 15.3. The van der Waals surface area contributed by atoms with Crippen molar-refractivity contribution in [1.29, 1.82) is 0 Å². The monoisotopic (exact) mass is 480 g/mol. The maximum absolute atomic E-state index is 13.1. The first-order valence-electron chi connectivity index (χ1n) is 10.8. The van der Waals surface area contributed by atoms with Crippen LogP contribution in [0.3, 0.4) is 0 Å². The topological polar surface area (TPSA) is 58.6 Å². The Morgan fingerprint density at radius 2 is 1.72 bits per heavy atom. The molecule has 1 N–H and O–H groups in total. The third-order valence-corrected chi connectivity index (χ3v) is 6.39. The molecule has 0 radical (unpaired) electrons. The number of carbonyl (C=O) groups excluding carboxylic acids is 2. The fraction of sp³-hybridized carbons (Fsp3) is 0.417. The summed E-state index contributed by atoms with van der Waals surface area (Å²) in [5.41, 5.74) is 0.559. The lowest BCUT2D eigenvalue weighted by Gasteiger charge is -2.31. The molecule has 0 aliphatic heterocycles. The van der Waals surface area contributed by atoms with E-state index in [0.29, 0.717) is 21.4 Å². The molecular weight excluding hydrogens is 454 g/mol. The van der Waals surface area contributed by atoms with Gasteiger partial charge in [-0.3, -0.25) is 9.59 Å². The van der Waals surface area contributed by atoms with E-state index in [2.05, 4.69) is 5.32 Å². The number of hydrogen-bond donors (Lipinski definition) is 1. The number of carbonyl (C=O) groups is 2. The van der Waals surface area contributed by atoms with Crippen LogP contribution in [0.4, 0.5) is 4.39 Å². The predicted octanol–water partition coefficient (Wildman–Crippen LogP) is 5.38. The van der Waals surface area contributed by atoms with Crippen molar-refractivity contribution in [3.63, 3.8) is 0 Å². The Morgan fingerprint density at radius 1 is 1.09 bits per heavy atom. The van der Waals surface area contributed by atoms with Crippen LogP contribution >= 0.6 is 23.2 Å². The molecule has 1 aliphatic carbocycles. The highest BCUT2D eigenvalue weighted by Crippen LogP contribution is 2.27. The zero-order valence-corrected chi connectivity index (χ0v) is 19.5. The lowest BCUT2D eigenvalue weighted by molar-refractivity contribution is -0.142. The van der Waals surface area contributed by atoms with Gasteiger partial charge in [0.1, 0.15) is 17.6 Å². The van der Waals surface area contributed by atoms with Crippen LogP contribution in [0.2, 0.25) is 10.0 Å². The Hall–Kier alpha value is -2.31. The zero-order valence-electron chi connectivity index (χ0n) is 18.0. The maximum atomic E-state index is 13.1. The van der Waals surface area contributed by atoms with Crippen molar-refractivity contribution < 1.29 is 18.7 Å². The number of nitrogens with one attached hydrogen (secondary N) is 1. The van der Waals surface area contributed by atoms with Crippen molar-refractivity contribution in [2.45, 2.75) is 57.7 Å². The van der Waals surface area contributed by atoms with Crippen LogP contribution in [0.5, 0.6) is 5.75 Å². The second-order valence-electron chi connectivity index (χ2n) is 7.98. The van der Waals surface area contributed by atoms with Crippen LogP contribution in [0, 0.1) is 5.82 Å². The second-order valence-corrected chi connectivity index (χ2v) is 8.80. The van der Waals surface area contributed by atoms with Crippen molar-refractivity contribution in [3.05, 3.63) is 63.9 Å². The van der Waals surface area contributed by atoms with Crippen molar-refractivity contribution >= 4 is 35.0 Å². The molecule has 5 nitrogen and oxygen atoms in total. The Bertz CT molecular complexity index is 913. The Morgan fingerprint density at radius 3 is 2.34 bits per heavy atom. The van der Waals surface area contributed by atoms with Gasteiger partial charge in [-0.25, -0.2) is 4.39 Å². The van der Waals surface area contributed by atoms with Gasteiger partial charge in [-0.05, 0) is 56.2 Å². The summed E-state index contributed by atoms with van der Waals surface area (Å²) in [6.45, 7) is 1.43. The van der Waals surface area contributed by atoms with Gasteiger partial charge in [0, 0.05) is 28.2 Å². The van der Waals surface area contributed by atoms with Crippen LogP contribution < -0.4 is 10.1 Å². The standard InChI is InChI=1S/C24H27Cl2FN2O3/c1-16(24(31)28-18-6-3-2-4-7-18)29(14-20-21(25)8-5-9-22(20)26)23(30)15-32-19-12-10-17(27)11-13-19/h5,8-13,16,18H,2-4,6-7,14-15H2,1H3,(H,28,31). The fourth-order valence-electron chi connectivity index (χ4n) is 3.76. The van der Waals surface area contributed by atoms with E-state index in [1.807, 2.05) is 0 Å². The first-order valence-corrected chi connectivity index (χ1v) is 11.5. The average Bonchev–Trinajstić information content (AvgIpc) is 2.78. The van der Waals surface area contributed by atoms with Gasteiger partial charge in [0.2, 0.25) is 5.91 Å². The van der Waals surface area contributed by atoms with Gasteiger partial charge in [-0.15, -0.1) is 0 Å². The summed E-state index contributed by atoms with van der Waals surface area (Å²) in [6, 6.07) is 9.85. The molecule has 2 aromatic carbocycles. The third kappa shape index (κ3) is 6.59. The van der Waals surface area contributed by atoms with Gasteiger partial charge in [-0.2, -0.15) is 0 Å². The average molecular weight is 481 g/mol. The molecule has 1 fully saturated rings. The molecule has 1 atom stereocenters. The summed E-state index contributed by atoms with van der Waals surface area (Å²) in [6.07, 6.45) is 5.23. The molecule has 1 aliphatic rings. The summed E-state index contributed by atoms with van der Waals surface area (Å²) in [4.78, 5) is 27.5. The number of benzene rings is 2. The minimum atomic E-state index is -0.756. The van der Waals surface area contributed by atoms with E-state index in [-0.39, 0.29) is 25.1 Å². The van der Waals surface area contributed by atoms with Crippen LogP contribution in [0.1, 0.15) is 44.6 Å². The van der Waals surface area contributed by atoms with Gasteiger partial charge in [0.25, 0.3) is 5.91 Å². The number of rotatable bonds is 8. The number of halogens is 3. The Balaban J connectivity index is 1.75. The van der Waals surface area contributed by atoms with Crippen LogP contribution in [-0.2, 0) is 16.1 Å². The van der Waals surface area contributed by atoms with E-state index in [1.54, 1.807) is 25.1 Å². The SMILES string of the molecule is CC(C(=O)NC1CCCCC1)N(Cc1c(Cl)cccc1Cl)C(=O)COc1ccc(F)cc1. The smallest absolute Gasteiger partial charge is 0.261 e. The van der Waals surface area contributed by atoms with Crippen LogP contribution in [0.15, 0.2) is 42.5 Å². The number of ether oxygens (including phenoxy) is 1. The van der Waals surface area contributed by atoms with E-state index >= 15 is 0 Å². The predicted molar refractivity (Wildman–Crippen MR) is 123 cm³/mol. The Kier molecular flexibility index (Phi) is 8.76. The third-order valence-electron chi connectivity index (χ3n) is 5.68. The van der Waals surface area contributed by atoms with E-state index in [9.17, 15) is 14.0 Å². The lowest BCUT2D eigenvalue weighted by atomic mass is 9.95. The molecule has 0 saturated heterocycles. The summed E-state index contributed by atoms with van der Waals surface area (Å²) in [7, 11) is 0. The highest BCUT2D eigenvalue weighted by Gasteiger charge is 2.29. The number of nitrogens with zero attached hydrogens (tertiary/aromatic N) is 1. The minimum Gasteiger partial charge on any atom is -0.484 e. The number of hydrogen-bond acceptors (Lipinski definition) is 3. The van der Waals surface area contributed by atoms with Crippen molar-refractivity contribution in [2.24, 2.45) is 0 Å². The van der Waals surface area contributed by atoms with Gasteiger partial charge < -0.3 is 15.0 Å². The highest BCUT2D eigenvalue weighted by molar-refractivity contribution is 6.36. The minimum absolute atomic E-state index is 0.0589. The quantitative estimate of drug-likeness (QED) is 0.551.